The van der Waals surface area contributed by atoms with E-state index in [0.717, 1.165) is 38.3 Å². The number of hydrogen-bond acceptors (Lipinski definition) is 4. The van der Waals surface area contributed by atoms with Gasteiger partial charge in [0.25, 0.3) is 0 Å². The van der Waals surface area contributed by atoms with Crippen molar-refractivity contribution in [3.63, 3.8) is 0 Å². The van der Waals surface area contributed by atoms with Gasteiger partial charge in [-0.1, -0.05) is 12.1 Å². The van der Waals surface area contributed by atoms with E-state index in [9.17, 15) is 4.79 Å². The average Bonchev–Trinajstić information content (AvgIpc) is 2.55. The molecule has 1 amide bonds. The van der Waals surface area contributed by atoms with Crippen molar-refractivity contribution < 1.29 is 9.53 Å². The monoisotopic (exact) mass is 291 g/mol. The Balaban J connectivity index is 1.72. The lowest BCUT2D eigenvalue weighted by Gasteiger charge is -2.31. The van der Waals surface area contributed by atoms with E-state index in [4.69, 9.17) is 4.74 Å². The standard InChI is InChI=1S/C16H25N3O2/c1-13(19-11-9-17-10-12-19)16(20)18-8-7-14-3-5-15(21-2)6-4-14/h3-6,13,17H,7-12H2,1-2H3,(H,18,20). The summed E-state index contributed by atoms with van der Waals surface area (Å²) in [5.74, 6) is 0.973. The molecule has 0 bridgehead atoms. The Morgan fingerprint density at radius 1 is 1.33 bits per heavy atom. The van der Waals surface area contributed by atoms with Gasteiger partial charge in [0.05, 0.1) is 13.2 Å². The molecule has 0 spiro atoms. The third-order valence-electron chi connectivity index (χ3n) is 3.95. The van der Waals surface area contributed by atoms with E-state index in [1.54, 1.807) is 7.11 Å². The van der Waals surface area contributed by atoms with Crippen LogP contribution in [0.1, 0.15) is 12.5 Å². The van der Waals surface area contributed by atoms with Gasteiger partial charge in [-0.2, -0.15) is 0 Å². The molecule has 1 heterocycles. The minimum absolute atomic E-state index is 0.0528. The van der Waals surface area contributed by atoms with Crippen molar-refractivity contribution in [1.29, 1.82) is 0 Å². The van der Waals surface area contributed by atoms with Crippen LogP contribution in [0.4, 0.5) is 0 Å². The number of carbonyl (C=O) groups is 1. The molecule has 5 nitrogen and oxygen atoms in total. The maximum atomic E-state index is 12.1. The summed E-state index contributed by atoms with van der Waals surface area (Å²) in [6.45, 7) is 6.45. The number of carbonyl (C=O) groups excluding carboxylic acids is 1. The lowest BCUT2D eigenvalue weighted by atomic mass is 10.1. The fourth-order valence-corrected chi connectivity index (χ4v) is 2.51. The van der Waals surface area contributed by atoms with E-state index in [-0.39, 0.29) is 11.9 Å². The fourth-order valence-electron chi connectivity index (χ4n) is 2.51. The van der Waals surface area contributed by atoms with Crippen LogP contribution < -0.4 is 15.4 Å². The lowest BCUT2D eigenvalue weighted by molar-refractivity contribution is -0.126. The molecular weight excluding hydrogens is 266 g/mol. The molecule has 0 aliphatic carbocycles. The first-order valence-electron chi connectivity index (χ1n) is 7.56. The van der Waals surface area contributed by atoms with E-state index in [0.29, 0.717) is 6.54 Å². The van der Waals surface area contributed by atoms with Gasteiger partial charge in [-0.3, -0.25) is 9.69 Å². The summed E-state index contributed by atoms with van der Waals surface area (Å²) in [4.78, 5) is 14.4. The molecule has 1 unspecified atom stereocenters. The normalized spacial score (nSPS) is 17.2. The van der Waals surface area contributed by atoms with Gasteiger partial charge in [-0.25, -0.2) is 0 Å². The number of amides is 1. The van der Waals surface area contributed by atoms with E-state index in [2.05, 4.69) is 15.5 Å². The summed E-state index contributed by atoms with van der Waals surface area (Å²) in [5, 5.41) is 6.32. The van der Waals surface area contributed by atoms with Crippen molar-refractivity contribution in [2.45, 2.75) is 19.4 Å². The number of piperazine rings is 1. The largest absolute Gasteiger partial charge is 0.497 e. The highest BCUT2D eigenvalue weighted by atomic mass is 16.5. The summed E-state index contributed by atoms with van der Waals surface area (Å²) < 4.78 is 5.13. The maximum Gasteiger partial charge on any atom is 0.237 e. The average molecular weight is 291 g/mol. The van der Waals surface area contributed by atoms with Crippen LogP contribution in [-0.2, 0) is 11.2 Å². The molecule has 0 radical (unpaired) electrons. The van der Waals surface area contributed by atoms with Crippen LogP contribution >= 0.6 is 0 Å². The number of ether oxygens (including phenoxy) is 1. The summed E-state index contributed by atoms with van der Waals surface area (Å²) in [5.41, 5.74) is 1.20. The number of methoxy groups -OCH3 is 1. The molecule has 1 fully saturated rings. The number of rotatable bonds is 6. The van der Waals surface area contributed by atoms with Crippen LogP contribution in [0.2, 0.25) is 0 Å². The van der Waals surface area contributed by atoms with Crippen molar-refractivity contribution in [1.82, 2.24) is 15.5 Å². The first-order chi connectivity index (χ1) is 10.2. The molecular formula is C16H25N3O2. The Hall–Kier alpha value is -1.59. The maximum absolute atomic E-state index is 12.1. The van der Waals surface area contributed by atoms with Crippen LogP contribution in [-0.4, -0.2) is 56.7 Å². The molecule has 21 heavy (non-hydrogen) atoms. The molecule has 0 aromatic heterocycles. The lowest BCUT2D eigenvalue weighted by Crippen LogP contribution is -2.52. The Bertz CT molecular complexity index is 441. The number of hydrogen-bond donors (Lipinski definition) is 2. The zero-order valence-electron chi connectivity index (χ0n) is 12.9. The van der Waals surface area contributed by atoms with Gasteiger partial charge in [0, 0.05) is 32.7 Å². The second kappa shape index (κ2) is 8.00. The molecule has 1 saturated heterocycles. The summed E-state index contributed by atoms with van der Waals surface area (Å²) in [7, 11) is 1.66. The van der Waals surface area contributed by atoms with Crippen LogP contribution in [0.25, 0.3) is 0 Å². The van der Waals surface area contributed by atoms with Crippen LogP contribution in [0.15, 0.2) is 24.3 Å². The van der Waals surface area contributed by atoms with Crippen molar-refractivity contribution >= 4 is 5.91 Å². The highest BCUT2D eigenvalue weighted by Gasteiger charge is 2.21. The fraction of sp³-hybridized carbons (Fsp3) is 0.562. The Morgan fingerprint density at radius 2 is 2.00 bits per heavy atom. The Kier molecular flexibility index (Phi) is 6.02. The second-order valence-corrected chi connectivity index (χ2v) is 5.35. The van der Waals surface area contributed by atoms with E-state index in [1.165, 1.54) is 5.56 Å². The zero-order valence-corrected chi connectivity index (χ0v) is 12.9. The van der Waals surface area contributed by atoms with Crippen LogP contribution in [0.3, 0.4) is 0 Å². The number of nitrogens with zero attached hydrogens (tertiary/aromatic N) is 1. The number of nitrogens with one attached hydrogen (secondary N) is 2. The molecule has 2 rings (SSSR count). The quantitative estimate of drug-likeness (QED) is 0.808. The highest BCUT2D eigenvalue weighted by molar-refractivity contribution is 5.81. The van der Waals surface area contributed by atoms with Gasteiger partial charge < -0.3 is 15.4 Å². The van der Waals surface area contributed by atoms with Gasteiger partial charge >= 0.3 is 0 Å². The van der Waals surface area contributed by atoms with Crippen LogP contribution in [0, 0.1) is 0 Å². The van der Waals surface area contributed by atoms with Gasteiger partial charge in [-0.05, 0) is 31.0 Å². The van der Waals surface area contributed by atoms with Crippen molar-refractivity contribution in [2.24, 2.45) is 0 Å². The summed E-state index contributed by atoms with van der Waals surface area (Å²) in [6, 6.07) is 7.90. The van der Waals surface area contributed by atoms with E-state index >= 15 is 0 Å². The molecule has 1 aromatic rings. The third-order valence-corrected chi connectivity index (χ3v) is 3.95. The van der Waals surface area contributed by atoms with Gasteiger partial charge in [0.1, 0.15) is 5.75 Å². The minimum atomic E-state index is -0.0528. The smallest absolute Gasteiger partial charge is 0.237 e. The van der Waals surface area contributed by atoms with E-state index < -0.39 is 0 Å². The van der Waals surface area contributed by atoms with Gasteiger partial charge in [0.2, 0.25) is 5.91 Å². The topological polar surface area (TPSA) is 53.6 Å². The minimum Gasteiger partial charge on any atom is -0.497 e. The molecule has 0 saturated carbocycles. The van der Waals surface area contributed by atoms with Crippen LogP contribution in [0.5, 0.6) is 5.75 Å². The van der Waals surface area contributed by atoms with Crippen molar-refractivity contribution in [2.75, 3.05) is 39.8 Å². The first kappa shape index (κ1) is 15.8. The highest BCUT2D eigenvalue weighted by Crippen LogP contribution is 2.11. The zero-order chi connectivity index (χ0) is 15.1. The Morgan fingerprint density at radius 3 is 2.62 bits per heavy atom. The van der Waals surface area contributed by atoms with Crippen molar-refractivity contribution in [3.8, 4) is 5.75 Å². The second-order valence-electron chi connectivity index (χ2n) is 5.35. The van der Waals surface area contributed by atoms with Crippen molar-refractivity contribution in [3.05, 3.63) is 29.8 Å². The molecule has 1 atom stereocenters. The molecule has 1 aromatic carbocycles. The molecule has 5 heteroatoms. The van der Waals surface area contributed by atoms with E-state index in [1.807, 2.05) is 31.2 Å². The SMILES string of the molecule is COc1ccc(CCNC(=O)C(C)N2CCNCC2)cc1. The molecule has 1 aliphatic rings. The predicted octanol–water partition coefficient (Wildman–Crippen LogP) is 0.648. The molecule has 1 aliphatic heterocycles. The molecule has 116 valence electrons. The van der Waals surface area contributed by atoms with Gasteiger partial charge in [0.15, 0.2) is 0 Å². The predicted molar refractivity (Wildman–Crippen MR) is 83.6 cm³/mol. The van der Waals surface area contributed by atoms with Gasteiger partial charge in [-0.15, -0.1) is 0 Å². The summed E-state index contributed by atoms with van der Waals surface area (Å²) in [6.07, 6.45) is 0.837. The first-order valence-corrected chi connectivity index (χ1v) is 7.56. The molecule has 2 N–H and O–H groups in total. The summed E-state index contributed by atoms with van der Waals surface area (Å²) >= 11 is 0. The number of benzene rings is 1. The third kappa shape index (κ3) is 4.72. The Labute approximate surface area is 126 Å².